The minimum absolute atomic E-state index is 0.347. The molecule has 4 fully saturated rings. The van der Waals surface area contributed by atoms with Gasteiger partial charge in [0.1, 0.15) is 5.60 Å². The lowest BCUT2D eigenvalue weighted by Gasteiger charge is -2.71. The molecule has 0 saturated carbocycles. The molecule has 4 heterocycles. The molecule has 4 saturated heterocycles. The van der Waals surface area contributed by atoms with Crippen LogP contribution < -0.4 is 0 Å². The smallest absolute Gasteiger partial charge is 0.119 e. The molecule has 3 unspecified atom stereocenters. The van der Waals surface area contributed by atoms with E-state index in [0.29, 0.717) is 0 Å². The third-order valence-corrected chi connectivity index (χ3v) is 8.72. The summed E-state index contributed by atoms with van der Waals surface area (Å²) in [6.07, 6.45) is 0. The van der Waals surface area contributed by atoms with Crippen molar-refractivity contribution >= 4 is 11.8 Å². The molecule has 152 valence electrons. The SMILES string of the molecule is OC1(c2ccccc2)C2(Sc3ccccc3)CN3CN(C2)CC1(c1ccccc1)C3. The number of hydrogen-bond acceptors (Lipinski definition) is 4. The second-order valence-electron chi connectivity index (χ2n) is 9.05. The van der Waals surface area contributed by atoms with Crippen molar-refractivity contribution in [3.05, 3.63) is 102 Å². The number of nitrogens with zero attached hydrogens (tertiary/aromatic N) is 2. The average Bonchev–Trinajstić information content (AvgIpc) is 2.79. The zero-order valence-electron chi connectivity index (χ0n) is 16.9. The van der Waals surface area contributed by atoms with E-state index in [0.717, 1.165) is 38.4 Å². The van der Waals surface area contributed by atoms with Gasteiger partial charge in [-0.05, 0) is 23.3 Å². The molecule has 0 aliphatic carbocycles. The molecule has 4 heteroatoms. The third kappa shape index (κ3) is 2.45. The van der Waals surface area contributed by atoms with E-state index in [1.54, 1.807) is 0 Å². The van der Waals surface area contributed by atoms with Crippen LogP contribution in [-0.4, -0.2) is 52.5 Å². The minimum Gasteiger partial charge on any atom is -0.383 e. The van der Waals surface area contributed by atoms with Crippen LogP contribution in [0.2, 0.25) is 0 Å². The van der Waals surface area contributed by atoms with Crippen molar-refractivity contribution < 1.29 is 5.11 Å². The van der Waals surface area contributed by atoms with Gasteiger partial charge in [-0.3, -0.25) is 9.80 Å². The Balaban J connectivity index is 1.60. The maximum Gasteiger partial charge on any atom is 0.119 e. The van der Waals surface area contributed by atoms with Gasteiger partial charge in [0.25, 0.3) is 0 Å². The molecule has 0 spiro atoms. The number of piperidine rings is 2. The van der Waals surface area contributed by atoms with Crippen molar-refractivity contribution in [3.63, 3.8) is 0 Å². The Hall–Kier alpha value is -2.11. The van der Waals surface area contributed by atoms with Gasteiger partial charge in [0, 0.05) is 31.1 Å². The summed E-state index contributed by atoms with van der Waals surface area (Å²) in [6, 6.07) is 31.8. The van der Waals surface area contributed by atoms with Crippen LogP contribution in [-0.2, 0) is 11.0 Å². The monoisotopic (exact) mass is 414 g/mol. The van der Waals surface area contributed by atoms with Gasteiger partial charge in [0.2, 0.25) is 0 Å². The molecule has 3 atom stereocenters. The van der Waals surface area contributed by atoms with E-state index in [9.17, 15) is 5.11 Å². The summed E-state index contributed by atoms with van der Waals surface area (Å²) in [6.45, 7) is 4.55. The molecular formula is C26H26N2OS. The fourth-order valence-electron chi connectivity index (χ4n) is 6.29. The lowest BCUT2D eigenvalue weighted by molar-refractivity contribution is -0.211. The van der Waals surface area contributed by atoms with E-state index in [2.05, 4.69) is 94.7 Å². The topological polar surface area (TPSA) is 26.7 Å². The zero-order chi connectivity index (χ0) is 20.2. The molecule has 4 aliphatic heterocycles. The van der Waals surface area contributed by atoms with E-state index in [1.165, 1.54) is 10.5 Å². The molecule has 3 aromatic carbocycles. The number of benzene rings is 3. The fraction of sp³-hybridized carbons (Fsp3) is 0.308. The largest absolute Gasteiger partial charge is 0.383 e. The normalized spacial score (nSPS) is 36.7. The Morgan fingerprint density at radius 3 is 1.70 bits per heavy atom. The number of aliphatic hydroxyl groups is 1. The number of thioether (sulfide) groups is 1. The number of hydrogen-bond donors (Lipinski definition) is 1. The summed E-state index contributed by atoms with van der Waals surface area (Å²) in [7, 11) is 0. The predicted octanol–water partition coefficient (Wildman–Crippen LogP) is 3.95. The highest BCUT2D eigenvalue weighted by molar-refractivity contribution is 8.00. The molecule has 1 N–H and O–H groups in total. The summed E-state index contributed by atoms with van der Waals surface area (Å²) >= 11 is 1.86. The lowest BCUT2D eigenvalue weighted by atomic mass is 9.53. The minimum atomic E-state index is -0.976. The first-order chi connectivity index (χ1) is 14.7. The Bertz CT molecular complexity index is 1030. The van der Waals surface area contributed by atoms with Crippen molar-refractivity contribution in [2.45, 2.75) is 20.7 Å². The molecule has 4 bridgehead atoms. The van der Waals surface area contributed by atoms with Crippen LogP contribution in [0.1, 0.15) is 11.1 Å². The van der Waals surface area contributed by atoms with E-state index >= 15 is 0 Å². The van der Waals surface area contributed by atoms with Gasteiger partial charge in [-0.25, -0.2) is 0 Å². The zero-order valence-corrected chi connectivity index (χ0v) is 17.8. The standard InChI is InChI=1S/C26H26N2OS/c29-26(22-12-6-2-7-13-22)24(21-10-4-1-5-11-21)16-27-18-25(26,19-28(17-24)20-27)30-23-14-8-3-9-15-23/h1-15,29H,16-20H2. The van der Waals surface area contributed by atoms with Crippen LogP contribution in [0.15, 0.2) is 95.9 Å². The van der Waals surface area contributed by atoms with Crippen molar-refractivity contribution in [3.8, 4) is 0 Å². The van der Waals surface area contributed by atoms with E-state index in [4.69, 9.17) is 0 Å². The molecule has 3 nitrogen and oxygen atoms in total. The van der Waals surface area contributed by atoms with Crippen LogP contribution in [0, 0.1) is 0 Å². The van der Waals surface area contributed by atoms with Gasteiger partial charge in [0.15, 0.2) is 0 Å². The maximum atomic E-state index is 13.0. The number of rotatable bonds is 4. The maximum absolute atomic E-state index is 13.0. The molecule has 30 heavy (non-hydrogen) atoms. The summed E-state index contributed by atoms with van der Waals surface area (Å²) in [5.74, 6) is 0. The van der Waals surface area contributed by atoms with Gasteiger partial charge in [-0.2, -0.15) is 0 Å². The van der Waals surface area contributed by atoms with Crippen molar-refractivity contribution in [2.24, 2.45) is 0 Å². The summed E-state index contributed by atoms with van der Waals surface area (Å²) in [4.78, 5) is 6.32. The van der Waals surface area contributed by atoms with E-state index < -0.39 is 5.60 Å². The molecular weight excluding hydrogens is 388 g/mol. The van der Waals surface area contributed by atoms with Crippen molar-refractivity contribution in [2.75, 3.05) is 32.8 Å². The molecule has 0 radical (unpaired) electrons. The van der Waals surface area contributed by atoms with Gasteiger partial charge in [0.05, 0.1) is 16.8 Å². The Morgan fingerprint density at radius 2 is 1.13 bits per heavy atom. The molecule has 0 amide bonds. The fourth-order valence-corrected chi connectivity index (χ4v) is 7.99. The Morgan fingerprint density at radius 1 is 0.633 bits per heavy atom. The highest BCUT2D eigenvalue weighted by atomic mass is 32.2. The first-order valence-electron chi connectivity index (χ1n) is 10.7. The molecule has 4 aliphatic rings. The van der Waals surface area contributed by atoms with Gasteiger partial charge in [-0.1, -0.05) is 78.9 Å². The first kappa shape index (κ1) is 18.6. The third-order valence-electron chi connectivity index (χ3n) is 7.27. The van der Waals surface area contributed by atoms with Gasteiger partial charge < -0.3 is 5.11 Å². The van der Waals surface area contributed by atoms with Crippen LogP contribution in [0.3, 0.4) is 0 Å². The van der Waals surface area contributed by atoms with Crippen LogP contribution in [0.4, 0.5) is 0 Å². The van der Waals surface area contributed by atoms with Crippen molar-refractivity contribution in [1.29, 1.82) is 0 Å². The summed E-state index contributed by atoms with van der Waals surface area (Å²) in [5.41, 5.74) is 0.935. The predicted molar refractivity (Wildman–Crippen MR) is 122 cm³/mol. The second kappa shape index (κ2) is 6.69. The highest BCUT2D eigenvalue weighted by Gasteiger charge is 2.73. The van der Waals surface area contributed by atoms with E-state index in [1.807, 2.05) is 17.8 Å². The summed E-state index contributed by atoms with van der Waals surface area (Å²) in [5, 5.41) is 13.0. The highest BCUT2D eigenvalue weighted by Crippen LogP contribution is 2.63. The van der Waals surface area contributed by atoms with Crippen LogP contribution in [0.25, 0.3) is 0 Å². The molecule has 3 aromatic rings. The second-order valence-corrected chi connectivity index (χ2v) is 10.5. The van der Waals surface area contributed by atoms with Crippen LogP contribution >= 0.6 is 11.8 Å². The average molecular weight is 415 g/mol. The lowest BCUT2D eigenvalue weighted by Crippen LogP contribution is -2.85. The molecule has 7 rings (SSSR count). The first-order valence-corrected chi connectivity index (χ1v) is 11.5. The van der Waals surface area contributed by atoms with Crippen molar-refractivity contribution in [1.82, 2.24) is 9.80 Å². The Kier molecular flexibility index (Phi) is 4.16. The van der Waals surface area contributed by atoms with Crippen LogP contribution in [0.5, 0.6) is 0 Å². The quantitative estimate of drug-likeness (QED) is 0.700. The Labute approximate surface area is 182 Å². The van der Waals surface area contributed by atoms with Gasteiger partial charge >= 0.3 is 0 Å². The molecule has 0 aromatic heterocycles. The summed E-state index contributed by atoms with van der Waals surface area (Å²) < 4.78 is -0.347. The van der Waals surface area contributed by atoms with Gasteiger partial charge in [-0.15, -0.1) is 11.8 Å². The van der Waals surface area contributed by atoms with E-state index in [-0.39, 0.29) is 10.2 Å².